The summed E-state index contributed by atoms with van der Waals surface area (Å²) in [6.07, 6.45) is 0. The summed E-state index contributed by atoms with van der Waals surface area (Å²) in [4.78, 5) is 23.0. The molecule has 0 radical (unpaired) electrons. The van der Waals surface area contributed by atoms with Gasteiger partial charge in [-0.25, -0.2) is 4.79 Å². The van der Waals surface area contributed by atoms with Crippen LogP contribution in [0.25, 0.3) is 0 Å². The van der Waals surface area contributed by atoms with E-state index < -0.39 is 5.97 Å². The van der Waals surface area contributed by atoms with Gasteiger partial charge in [-0.3, -0.25) is 4.79 Å². The molecule has 0 heterocycles. The van der Waals surface area contributed by atoms with Crippen molar-refractivity contribution >= 4 is 23.5 Å². The van der Waals surface area contributed by atoms with E-state index >= 15 is 0 Å². The molecule has 0 fully saturated rings. The SMILES string of the molecule is CCNC(=O)COC(=O)c1cc(Cl)c(OC)c(OC)c1. The van der Waals surface area contributed by atoms with E-state index in [0.29, 0.717) is 18.0 Å². The van der Waals surface area contributed by atoms with E-state index in [0.717, 1.165) is 0 Å². The van der Waals surface area contributed by atoms with Crippen molar-refractivity contribution in [3.63, 3.8) is 0 Å². The maximum Gasteiger partial charge on any atom is 0.338 e. The molecule has 0 spiro atoms. The summed E-state index contributed by atoms with van der Waals surface area (Å²) in [7, 11) is 2.87. The fourth-order valence-electron chi connectivity index (χ4n) is 1.50. The van der Waals surface area contributed by atoms with Crippen molar-refractivity contribution in [1.29, 1.82) is 0 Å². The largest absolute Gasteiger partial charge is 0.493 e. The summed E-state index contributed by atoms with van der Waals surface area (Å²) >= 11 is 5.98. The normalized spacial score (nSPS) is 9.80. The van der Waals surface area contributed by atoms with Crippen LogP contribution in [0.4, 0.5) is 0 Å². The molecule has 0 unspecified atom stereocenters. The highest BCUT2D eigenvalue weighted by atomic mass is 35.5. The third kappa shape index (κ3) is 4.03. The fourth-order valence-corrected chi connectivity index (χ4v) is 1.79. The van der Waals surface area contributed by atoms with Gasteiger partial charge in [-0.1, -0.05) is 11.6 Å². The van der Waals surface area contributed by atoms with Gasteiger partial charge in [0, 0.05) is 6.54 Å². The zero-order chi connectivity index (χ0) is 15.1. The second kappa shape index (κ2) is 7.59. The molecule has 1 aromatic rings. The molecule has 110 valence electrons. The summed E-state index contributed by atoms with van der Waals surface area (Å²) in [6.45, 7) is 1.89. The number of hydrogen-bond acceptors (Lipinski definition) is 5. The minimum absolute atomic E-state index is 0.178. The second-order valence-corrected chi connectivity index (χ2v) is 4.13. The van der Waals surface area contributed by atoms with E-state index in [4.69, 9.17) is 25.8 Å². The van der Waals surface area contributed by atoms with Crippen LogP contribution in [0.1, 0.15) is 17.3 Å². The van der Waals surface area contributed by atoms with Crippen LogP contribution in [0.3, 0.4) is 0 Å². The fraction of sp³-hybridized carbons (Fsp3) is 0.385. The van der Waals surface area contributed by atoms with Gasteiger partial charge in [0.15, 0.2) is 18.1 Å². The molecule has 7 heteroatoms. The molecule has 0 saturated heterocycles. The molecular weight excluding hydrogens is 286 g/mol. The average Bonchev–Trinajstić information content (AvgIpc) is 2.44. The maximum atomic E-state index is 11.8. The Bertz CT molecular complexity index is 504. The first-order valence-corrected chi connectivity index (χ1v) is 6.26. The van der Waals surface area contributed by atoms with Gasteiger partial charge in [0.1, 0.15) is 0 Å². The van der Waals surface area contributed by atoms with Crippen LogP contribution in [0.5, 0.6) is 11.5 Å². The van der Waals surface area contributed by atoms with Crippen LogP contribution in [-0.2, 0) is 9.53 Å². The quantitative estimate of drug-likeness (QED) is 0.809. The Morgan fingerprint density at radius 2 is 1.95 bits per heavy atom. The van der Waals surface area contributed by atoms with E-state index in [1.54, 1.807) is 6.92 Å². The van der Waals surface area contributed by atoms with E-state index in [1.165, 1.54) is 26.4 Å². The lowest BCUT2D eigenvalue weighted by Gasteiger charge is -2.11. The summed E-state index contributed by atoms with van der Waals surface area (Å²) in [6, 6.07) is 2.83. The van der Waals surface area contributed by atoms with Crippen molar-refractivity contribution in [2.45, 2.75) is 6.92 Å². The summed E-state index contributed by atoms with van der Waals surface area (Å²) in [5.41, 5.74) is 0.178. The first kappa shape index (κ1) is 16.1. The van der Waals surface area contributed by atoms with Crippen molar-refractivity contribution in [2.24, 2.45) is 0 Å². The second-order valence-electron chi connectivity index (χ2n) is 3.72. The maximum absolute atomic E-state index is 11.8. The van der Waals surface area contributed by atoms with Crippen LogP contribution < -0.4 is 14.8 Å². The third-order valence-electron chi connectivity index (χ3n) is 2.38. The molecule has 1 rings (SSSR count). The van der Waals surface area contributed by atoms with Crippen molar-refractivity contribution in [3.8, 4) is 11.5 Å². The first-order valence-electron chi connectivity index (χ1n) is 5.88. The van der Waals surface area contributed by atoms with Gasteiger partial charge in [-0.05, 0) is 19.1 Å². The number of nitrogens with one attached hydrogen (secondary N) is 1. The Morgan fingerprint density at radius 1 is 1.25 bits per heavy atom. The molecule has 6 nitrogen and oxygen atoms in total. The first-order chi connectivity index (χ1) is 9.53. The lowest BCUT2D eigenvalue weighted by Crippen LogP contribution is -2.28. The smallest absolute Gasteiger partial charge is 0.338 e. The van der Waals surface area contributed by atoms with Crippen LogP contribution in [0, 0.1) is 0 Å². The van der Waals surface area contributed by atoms with Gasteiger partial charge in [0.25, 0.3) is 5.91 Å². The molecule has 1 N–H and O–H groups in total. The highest BCUT2D eigenvalue weighted by Crippen LogP contribution is 2.36. The Labute approximate surface area is 122 Å². The Morgan fingerprint density at radius 3 is 2.50 bits per heavy atom. The topological polar surface area (TPSA) is 73.9 Å². The third-order valence-corrected chi connectivity index (χ3v) is 2.66. The van der Waals surface area contributed by atoms with Gasteiger partial charge in [0.2, 0.25) is 0 Å². The number of hydrogen-bond donors (Lipinski definition) is 1. The average molecular weight is 302 g/mol. The number of carbonyl (C=O) groups is 2. The van der Waals surface area contributed by atoms with Crippen LogP contribution in [0.2, 0.25) is 5.02 Å². The predicted octanol–water partition coefficient (Wildman–Crippen LogP) is 1.65. The van der Waals surface area contributed by atoms with Crippen molar-refractivity contribution in [2.75, 3.05) is 27.4 Å². The van der Waals surface area contributed by atoms with Crippen LogP contribution >= 0.6 is 11.6 Å². The van der Waals surface area contributed by atoms with E-state index in [-0.39, 0.29) is 23.1 Å². The van der Waals surface area contributed by atoms with Crippen LogP contribution in [-0.4, -0.2) is 39.2 Å². The van der Waals surface area contributed by atoms with Crippen molar-refractivity contribution in [3.05, 3.63) is 22.7 Å². The highest BCUT2D eigenvalue weighted by Gasteiger charge is 2.16. The predicted molar refractivity (Wildman–Crippen MR) is 73.5 cm³/mol. The van der Waals surface area contributed by atoms with E-state index in [9.17, 15) is 9.59 Å². The standard InChI is InChI=1S/C13H16ClNO5/c1-4-15-11(16)7-20-13(17)8-5-9(14)12(19-3)10(6-8)18-2/h5-6H,4,7H2,1-3H3,(H,15,16). The number of likely N-dealkylation sites (N-methyl/N-ethyl adjacent to an activating group) is 1. The molecule has 1 amide bonds. The number of ether oxygens (including phenoxy) is 3. The molecular formula is C13H16ClNO5. The molecule has 0 aliphatic heterocycles. The van der Waals surface area contributed by atoms with Gasteiger partial charge < -0.3 is 19.5 Å². The van der Waals surface area contributed by atoms with E-state index in [2.05, 4.69) is 5.32 Å². The number of halogens is 1. The Kier molecular flexibility index (Phi) is 6.11. The monoisotopic (exact) mass is 301 g/mol. The van der Waals surface area contributed by atoms with E-state index in [1.807, 2.05) is 0 Å². The Hall–Kier alpha value is -1.95. The lowest BCUT2D eigenvalue weighted by molar-refractivity contribution is -0.124. The van der Waals surface area contributed by atoms with Gasteiger partial charge >= 0.3 is 5.97 Å². The summed E-state index contributed by atoms with van der Waals surface area (Å²) in [5.74, 6) is -0.397. The zero-order valence-electron chi connectivity index (χ0n) is 11.5. The van der Waals surface area contributed by atoms with Gasteiger partial charge in [0.05, 0.1) is 24.8 Å². The number of methoxy groups -OCH3 is 2. The van der Waals surface area contributed by atoms with Gasteiger partial charge in [-0.15, -0.1) is 0 Å². The number of rotatable bonds is 6. The number of carbonyl (C=O) groups excluding carboxylic acids is 2. The molecule has 0 aromatic heterocycles. The van der Waals surface area contributed by atoms with Crippen molar-refractivity contribution < 1.29 is 23.8 Å². The molecule has 0 saturated carbocycles. The number of amides is 1. The molecule has 0 aliphatic rings. The summed E-state index contributed by atoms with van der Waals surface area (Å²) < 4.78 is 15.0. The van der Waals surface area contributed by atoms with Gasteiger partial charge in [-0.2, -0.15) is 0 Å². The zero-order valence-corrected chi connectivity index (χ0v) is 12.2. The lowest BCUT2D eigenvalue weighted by atomic mass is 10.2. The summed E-state index contributed by atoms with van der Waals surface area (Å²) in [5, 5.41) is 2.74. The number of benzene rings is 1. The highest BCUT2D eigenvalue weighted by molar-refractivity contribution is 6.32. The Balaban J connectivity index is 2.83. The number of esters is 1. The molecule has 1 aromatic carbocycles. The minimum Gasteiger partial charge on any atom is -0.493 e. The molecule has 0 aliphatic carbocycles. The minimum atomic E-state index is -0.667. The molecule has 0 atom stereocenters. The molecule has 0 bridgehead atoms. The molecule has 20 heavy (non-hydrogen) atoms. The van der Waals surface area contributed by atoms with Crippen molar-refractivity contribution in [1.82, 2.24) is 5.32 Å². The van der Waals surface area contributed by atoms with Crippen LogP contribution in [0.15, 0.2) is 12.1 Å².